The van der Waals surface area contributed by atoms with Gasteiger partial charge in [-0.1, -0.05) is 6.07 Å². The van der Waals surface area contributed by atoms with Crippen LogP contribution in [-0.2, 0) is 11.3 Å². The molecule has 6 nitrogen and oxygen atoms in total. The number of nitrogens with one attached hydrogen (secondary N) is 3. The number of aromatic nitrogens is 1. The Morgan fingerprint density at radius 3 is 2.75 bits per heavy atom. The van der Waals surface area contributed by atoms with Crippen molar-refractivity contribution in [1.29, 1.82) is 0 Å². The summed E-state index contributed by atoms with van der Waals surface area (Å²) in [6, 6.07) is 6.39. The fraction of sp³-hybridized carbons (Fsp3) is 0.154. The first-order chi connectivity index (χ1) is 9.65. The van der Waals surface area contributed by atoms with Crippen molar-refractivity contribution >= 4 is 23.2 Å². The minimum atomic E-state index is -0.321. The van der Waals surface area contributed by atoms with Crippen LogP contribution in [0.15, 0.2) is 39.8 Å². The molecule has 2 aromatic heterocycles. The van der Waals surface area contributed by atoms with Crippen molar-refractivity contribution in [2.24, 2.45) is 0 Å². The molecule has 0 saturated carbocycles. The van der Waals surface area contributed by atoms with Crippen LogP contribution in [0, 0.1) is 0 Å². The number of rotatable bonds is 5. The highest BCUT2D eigenvalue weighted by Crippen LogP contribution is 2.04. The van der Waals surface area contributed by atoms with Crippen molar-refractivity contribution in [3.05, 3.63) is 56.6 Å². The van der Waals surface area contributed by atoms with E-state index in [1.54, 1.807) is 29.0 Å². The van der Waals surface area contributed by atoms with Crippen molar-refractivity contribution in [3.8, 4) is 0 Å². The number of pyridine rings is 1. The summed E-state index contributed by atoms with van der Waals surface area (Å²) in [4.78, 5) is 36.8. The average molecular weight is 291 g/mol. The van der Waals surface area contributed by atoms with Gasteiger partial charge in [-0.3, -0.25) is 14.4 Å². The molecule has 0 fully saturated rings. The summed E-state index contributed by atoms with van der Waals surface area (Å²) < 4.78 is 0. The molecular weight excluding hydrogens is 278 g/mol. The van der Waals surface area contributed by atoms with Crippen molar-refractivity contribution in [2.75, 3.05) is 6.54 Å². The van der Waals surface area contributed by atoms with Gasteiger partial charge in [0.15, 0.2) is 0 Å². The van der Waals surface area contributed by atoms with Gasteiger partial charge in [0.25, 0.3) is 5.91 Å². The molecule has 3 N–H and O–H groups in total. The van der Waals surface area contributed by atoms with Crippen LogP contribution in [0.4, 0.5) is 0 Å². The predicted molar refractivity (Wildman–Crippen MR) is 75.6 cm³/mol. The molecule has 0 saturated heterocycles. The molecule has 0 aliphatic heterocycles. The maximum absolute atomic E-state index is 11.6. The van der Waals surface area contributed by atoms with E-state index in [1.807, 2.05) is 0 Å². The van der Waals surface area contributed by atoms with Gasteiger partial charge in [0, 0.05) is 22.7 Å². The minimum Gasteiger partial charge on any atom is -0.349 e. The molecule has 2 amide bonds. The van der Waals surface area contributed by atoms with Crippen LogP contribution in [0.2, 0.25) is 0 Å². The number of amides is 2. The maximum atomic E-state index is 11.6. The lowest BCUT2D eigenvalue weighted by Gasteiger charge is -2.06. The van der Waals surface area contributed by atoms with Gasteiger partial charge < -0.3 is 15.6 Å². The van der Waals surface area contributed by atoms with E-state index in [9.17, 15) is 14.4 Å². The standard InChI is InChI=1S/C13H13N3O3S/c17-11-3-1-2-10(16-11)6-14-12(18)7-15-13(19)9-4-5-20-8-9/h1-5,8H,6-7H2,(H,14,18)(H,15,19)(H,16,17). The van der Waals surface area contributed by atoms with Crippen molar-refractivity contribution in [2.45, 2.75) is 6.54 Å². The second kappa shape index (κ2) is 6.67. The van der Waals surface area contributed by atoms with E-state index in [4.69, 9.17) is 0 Å². The fourth-order valence-electron chi connectivity index (χ4n) is 1.51. The highest BCUT2D eigenvalue weighted by Gasteiger charge is 2.07. The number of thiophene rings is 1. The molecule has 0 aliphatic carbocycles. The SMILES string of the molecule is O=C(CNC(=O)c1ccsc1)NCc1cccc(=O)[nH]1. The molecule has 104 valence electrons. The monoisotopic (exact) mass is 291 g/mol. The summed E-state index contributed by atoms with van der Waals surface area (Å²) in [7, 11) is 0. The number of carbonyl (C=O) groups excluding carboxylic acids is 2. The predicted octanol–water partition coefficient (Wildman–Crippen LogP) is 0.483. The number of aromatic amines is 1. The quantitative estimate of drug-likeness (QED) is 0.748. The van der Waals surface area contributed by atoms with Crippen LogP contribution >= 0.6 is 11.3 Å². The van der Waals surface area contributed by atoms with Gasteiger partial charge in [0.2, 0.25) is 11.5 Å². The van der Waals surface area contributed by atoms with Gasteiger partial charge in [-0.2, -0.15) is 11.3 Å². The summed E-state index contributed by atoms with van der Waals surface area (Å²) in [5, 5.41) is 8.62. The minimum absolute atomic E-state index is 0.105. The average Bonchev–Trinajstić information content (AvgIpc) is 2.97. The molecule has 7 heteroatoms. The Hall–Kier alpha value is -2.41. The van der Waals surface area contributed by atoms with E-state index in [0.29, 0.717) is 11.3 Å². The second-order valence-corrected chi connectivity index (χ2v) is 4.79. The largest absolute Gasteiger partial charge is 0.349 e. The lowest BCUT2D eigenvalue weighted by Crippen LogP contribution is -2.36. The van der Waals surface area contributed by atoms with E-state index in [0.717, 1.165) is 0 Å². The molecule has 0 aromatic carbocycles. The first-order valence-electron chi connectivity index (χ1n) is 5.90. The first-order valence-corrected chi connectivity index (χ1v) is 6.85. The molecule has 0 unspecified atom stereocenters. The zero-order valence-corrected chi connectivity index (χ0v) is 11.3. The number of hydrogen-bond donors (Lipinski definition) is 3. The lowest BCUT2D eigenvalue weighted by atomic mass is 10.3. The van der Waals surface area contributed by atoms with Gasteiger partial charge >= 0.3 is 0 Å². The summed E-state index contributed by atoms with van der Waals surface area (Å²) in [6.45, 7) is 0.106. The Morgan fingerprint density at radius 2 is 2.05 bits per heavy atom. The first kappa shape index (κ1) is 14.0. The van der Waals surface area contributed by atoms with Gasteiger partial charge in [-0.25, -0.2) is 0 Å². The van der Waals surface area contributed by atoms with Gasteiger partial charge in [0.1, 0.15) is 0 Å². The molecular formula is C13H13N3O3S. The summed E-state index contributed by atoms with van der Waals surface area (Å²) in [5.41, 5.74) is 0.924. The number of carbonyl (C=O) groups is 2. The Kier molecular flexibility index (Phi) is 4.67. The number of hydrogen-bond acceptors (Lipinski definition) is 4. The topological polar surface area (TPSA) is 91.1 Å². The highest BCUT2D eigenvalue weighted by molar-refractivity contribution is 7.08. The summed E-state index contributed by atoms with van der Waals surface area (Å²) >= 11 is 1.42. The van der Waals surface area contributed by atoms with E-state index < -0.39 is 0 Å². The van der Waals surface area contributed by atoms with Crippen LogP contribution in [0.3, 0.4) is 0 Å². The van der Waals surface area contributed by atoms with Crippen molar-refractivity contribution in [1.82, 2.24) is 15.6 Å². The molecule has 0 spiro atoms. The normalized spacial score (nSPS) is 10.0. The number of H-pyrrole nitrogens is 1. The third-order valence-corrected chi connectivity index (χ3v) is 3.18. The Morgan fingerprint density at radius 1 is 1.20 bits per heavy atom. The van der Waals surface area contributed by atoms with Crippen LogP contribution in [0.1, 0.15) is 16.1 Å². The smallest absolute Gasteiger partial charge is 0.252 e. The molecule has 2 aromatic rings. The van der Waals surface area contributed by atoms with E-state index >= 15 is 0 Å². The zero-order valence-electron chi connectivity index (χ0n) is 10.5. The van der Waals surface area contributed by atoms with E-state index in [2.05, 4.69) is 15.6 Å². The van der Waals surface area contributed by atoms with E-state index in [-0.39, 0.29) is 30.5 Å². The Bertz CT molecular complexity index is 649. The molecule has 0 atom stereocenters. The van der Waals surface area contributed by atoms with Crippen LogP contribution in [-0.4, -0.2) is 23.3 Å². The fourth-order valence-corrected chi connectivity index (χ4v) is 2.14. The molecule has 0 bridgehead atoms. The summed E-state index contributed by atoms with van der Waals surface area (Å²) in [6.07, 6.45) is 0. The van der Waals surface area contributed by atoms with Crippen molar-refractivity contribution in [3.63, 3.8) is 0 Å². The van der Waals surface area contributed by atoms with Crippen LogP contribution in [0.5, 0.6) is 0 Å². The molecule has 0 aliphatic rings. The van der Waals surface area contributed by atoms with Gasteiger partial charge in [-0.15, -0.1) is 0 Å². The van der Waals surface area contributed by atoms with Crippen LogP contribution < -0.4 is 16.2 Å². The maximum Gasteiger partial charge on any atom is 0.252 e. The molecule has 2 rings (SSSR count). The van der Waals surface area contributed by atoms with E-state index in [1.165, 1.54) is 17.4 Å². The Balaban J connectivity index is 1.76. The van der Waals surface area contributed by atoms with Gasteiger partial charge in [0.05, 0.1) is 13.1 Å². The third kappa shape index (κ3) is 4.06. The highest BCUT2D eigenvalue weighted by atomic mass is 32.1. The third-order valence-electron chi connectivity index (χ3n) is 2.50. The van der Waals surface area contributed by atoms with Gasteiger partial charge in [-0.05, 0) is 17.5 Å². The zero-order chi connectivity index (χ0) is 14.4. The molecule has 2 heterocycles. The second-order valence-electron chi connectivity index (χ2n) is 4.01. The van der Waals surface area contributed by atoms with Crippen molar-refractivity contribution < 1.29 is 9.59 Å². The lowest BCUT2D eigenvalue weighted by molar-refractivity contribution is -0.120. The van der Waals surface area contributed by atoms with Crippen LogP contribution in [0.25, 0.3) is 0 Å². The Labute approximate surface area is 118 Å². The molecule has 0 radical (unpaired) electrons. The molecule has 20 heavy (non-hydrogen) atoms. The summed E-state index contributed by atoms with van der Waals surface area (Å²) in [5.74, 6) is -0.604.